The van der Waals surface area contributed by atoms with E-state index in [-0.39, 0.29) is 23.7 Å². The summed E-state index contributed by atoms with van der Waals surface area (Å²) in [6.07, 6.45) is -2.19. The number of hydrogen-bond donors (Lipinski definition) is 2. The van der Waals surface area contributed by atoms with Crippen molar-refractivity contribution in [2.24, 2.45) is 0 Å². The first-order chi connectivity index (χ1) is 13.3. The molecule has 3 rings (SSSR count). The van der Waals surface area contributed by atoms with Gasteiger partial charge in [-0.05, 0) is 18.2 Å². The van der Waals surface area contributed by atoms with Crippen molar-refractivity contribution in [3.8, 4) is 0 Å². The zero-order valence-corrected chi connectivity index (χ0v) is 14.3. The van der Waals surface area contributed by atoms with Gasteiger partial charge in [-0.3, -0.25) is 4.79 Å². The van der Waals surface area contributed by atoms with Crippen LogP contribution in [0.5, 0.6) is 0 Å². The predicted molar refractivity (Wildman–Crippen MR) is 94.3 cm³/mol. The number of nitrogens with one attached hydrogen (secondary N) is 2. The Morgan fingerprint density at radius 3 is 2.29 bits per heavy atom. The molecular formula is C19H14F4N4O. The number of hydrogen-bond acceptors (Lipinski definition) is 4. The molecule has 0 spiro atoms. The summed E-state index contributed by atoms with van der Waals surface area (Å²) < 4.78 is 52.6. The molecular weight excluding hydrogens is 376 g/mol. The van der Waals surface area contributed by atoms with Gasteiger partial charge in [0.2, 0.25) is 5.95 Å². The van der Waals surface area contributed by atoms with Crippen LogP contribution in [0.15, 0.2) is 60.9 Å². The maximum atomic E-state index is 13.6. The molecule has 3 aromatic rings. The Morgan fingerprint density at radius 2 is 1.61 bits per heavy atom. The highest BCUT2D eigenvalue weighted by Gasteiger charge is 2.33. The summed E-state index contributed by atoms with van der Waals surface area (Å²) in [5, 5.41) is 5.01. The van der Waals surface area contributed by atoms with Crippen molar-refractivity contribution in [1.29, 1.82) is 0 Å². The van der Waals surface area contributed by atoms with Crippen LogP contribution in [-0.4, -0.2) is 15.9 Å². The molecule has 0 aliphatic carbocycles. The fourth-order valence-corrected chi connectivity index (χ4v) is 2.39. The van der Waals surface area contributed by atoms with E-state index in [0.29, 0.717) is 5.56 Å². The van der Waals surface area contributed by atoms with E-state index >= 15 is 0 Å². The number of amides is 1. The zero-order chi connectivity index (χ0) is 20.1. The van der Waals surface area contributed by atoms with Crippen molar-refractivity contribution in [3.05, 3.63) is 83.4 Å². The molecule has 5 nitrogen and oxygen atoms in total. The Bertz CT molecular complexity index is 974. The SMILES string of the molecule is O=C(NCc1ccccc1F)c1cnc(Nc2ccccc2C(F)(F)F)nc1. The molecule has 1 heterocycles. The summed E-state index contributed by atoms with van der Waals surface area (Å²) in [5.74, 6) is -1.07. The van der Waals surface area contributed by atoms with Crippen LogP contribution in [0.2, 0.25) is 0 Å². The average Bonchev–Trinajstić information content (AvgIpc) is 2.67. The van der Waals surface area contributed by atoms with E-state index in [1.54, 1.807) is 6.07 Å². The number of carbonyl (C=O) groups is 1. The lowest BCUT2D eigenvalue weighted by atomic mass is 10.1. The summed E-state index contributed by atoms with van der Waals surface area (Å²) in [6.45, 7) is -0.0233. The molecule has 0 saturated carbocycles. The van der Waals surface area contributed by atoms with Crippen LogP contribution in [-0.2, 0) is 12.7 Å². The molecule has 2 N–H and O–H groups in total. The third kappa shape index (κ3) is 4.61. The van der Waals surface area contributed by atoms with Crippen molar-refractivity contribution in [3.63, 3.8) is 0 Å². The van der Waals surface area contributed by atoms with Crippen LogP contribution >= 0.6 is 0 Å². The second-order valence-corrected chi connectivity index (χ2v) is 5.74. The number of nitrogens with zero attached hydrogens (tertiary/aromatic N) is 2. The quantitative estimate of drug-likeness (QED) is 0.638. The number of alkyl halides is 3. The van der Waals surface area contributed by atoms with Crippen molar-refractivity contribution in [2.75, 3.05) is 5.32 Å². The van der Waals surface area contributed by atoms with Crippen molar-refractivity contribution in [1.82, 2.24) is 15.3 Å². The van der Waals surface area contributed by atoms with Crippen molar-refractivity contribution in [2.45, 2.75) is 12.7 Å². The van der Waals surface area contributed by atoms with Crippen molar-refractivity contribution >= 4 is 17.5 Å². The van der Waals surface area contributed by atoms with Gasteiger partial charge >= 0.3 is 6.18 Å². The second-order valence-electron chi connectivity index (χ2n) is 5.74. The van der Waals surface area contributed by atoms with Crippen LogP contribution in [0.3, 0.4) is 0 Å². The number of benzene rings is 2. The van der Waals surface area contributed by atoms with Gasteiger partial charge in [0, 0.05) is 24.5 Å². The highest BCUT2D eigenvalue weighted by molar-refractivity contribution is 5.93. The Hall–Kier alpha value is -3.49. The van der Waals surface area contributed by atoms with Gasteiger partial charge in [-0.25, -0.2) is 14.4 Å². The monoisotopic (exact) mass is 390 g/mol. The first-order valence-corrected chi connectivity index (χ1v) is 8.11. The molecule has 0 aliphatic heterocycles. The minimum absolute atomic E-state index is 0.0233. The molecule has 1 aromatic heterocycles. The summed E-state index contributed by atoms with van der Waals surface area (Å²) in [6, 6.07) is 10.9. The minimum Gasteiger partial charge on any atom is -0.348 e. The molecule has 144 valence electrons. The number of halogens is 4. The summed E-state index contributed by atoms with van der Waals surface area (Å²) in [4.78, 5) is 19.8. The number of aromatic nitrogens is 2. The molecule has 0 bridgehead atoms. The lowest BCUT2D eigenvalue weighted by molar-refractivity contribution is -0.136. The van der Waals surface area contributed by atoms with Gasteiger partial charge in [0.15, 0.2) is 0 Å². The van der Waals surface area contributed by atoms with E-state index in [1.807, 2.05) is 0 Å². The molecule has 0 saturated heterocycles. The Labute approximate surface area is 157 Å². The van der Waals surface area contributed by atoms with Crippen LogP contribution < -0.4 is 10.6 Å². The van der Waals surface area contributed by atoms with Gasteiger partial charge in [0.1, 0.15) is 5.82 Å². The summed E-state index contributed by atoms with van der Waals surface area (Å²) in [7, 11) is 0. The van der Waals surface area contributed by atoms with Gasteiger partial charge in [-0.15, -0.1) is 0 Å². The third-order valence-corrected chi connectivity index (χ3v) is 3.79. The van der Waals surface area contributed by atoms with E-state index in [0.717, 1.165) is 6.07 Å². The summed E-state index contributed by atoms with van der Waals surface area (Å²) in [5.41, 5.74) is -0.651. The predicted octanol–water partition coefficient (Wildman–Crippen LogP) is 4.31. The van der Waals surface area contributed by atoms with Gasteiger partial charge < -0.3 is 10.6 Å². The van der Waals surface area contributed by atoms with Crippen molar-refractivity contribution < 1.29 is 22.4 Å². The van der Waals surface area contributed by atoms with E-state index in [4.69, 9.17) is 0 Å². The number of rotatable bonds is 5. The molecule has 0 atom stereocenters. The number of anilines is 2. The van der Waals surface area contributed by atoms with Gasteiger partial charge in [0.25, 0.3) is 5.91 Å². The molecule has 28 heavy (non-hydrogen) atoms. The van der Waals surface area contributed by atoms with Crippen LogP contribution in [0.25, 0.3) is 0 Å². The topological polar surface area (TPSA) is 66.9 Å². The normalized spacial score (nSPS) is 11.1. The lowest BCUT2D eigenvalue weighted by Crippen LogP contribution is -2.23. The fraction of sp³-hybridized carbons (Fsp3) is 0.105. The van der Waals surface area contributed by atoms with Gasteiger partial charge in [0.05, 0.1) is 16.8 Å². The number of carbonyl (C=O) groups excluding carboxylic acids is 1. The molecule has 2 aromatic carbocycles. The van der Waals surface area contributed by atoms with E-state index < -0.39 is 23.5 Å². The molecule has 0 aliphatic rings. The van der Waals surface area contributed by atoms with E-state index in [9.17, 15) is 22.4 Å². The molecule has 0 fully saturated rings. The van der Waals surface area contributed by atoms with E-state index in [2.05, 4.69) is 20.6 Å². The van der Waals surface area contributed by atoms with E-state index in [1.165, 1.54) is 48.8 Å². The Balaban J connectivity index is 1.67. The molecule has 1 amide bonds. The first kappa shape index (κ1) is 19.3. The maximum absolute atomic E-state index is 13.6. The Kier molecular flexibility index (Phi) is 5.53. The second kappa shape index (κ2) is 8.03. The lowest BCUT2D eigenvalue weighted by Gasteiger charge is -2.13. The average molecular weight is 390 g/mol. The standard InChI is InChI=1S/C19H14F4N4O/c20-15-7-3-1-5-12(15)9-24-17(28)13-10-25-18(26-11-13)27-16-8-4-2-6-14(16)19(21,22)23/h1-8,10-11H,9H2,(H,24,28)(H,25,26,27). The van der Waals surface area contributed by atoms with Crippen LogP contribution in [0, 0.1) is 5.82 Å². The summed E-state index contributed by atoms with van der Waals surface area (Å²) >= 11 is 0. The highest BCUT2D eigenvalue weighted by Crippen LogP contribution is 2.35. The smallest absolute Gasteiger partial charge is 0.348 e. The van der Waals surface area contributed by atoms with Crippen LogP contribution in [0.4, 0.5) is 29.2 Å². The first-order valence-electron chi connectivity index (χ1n) is 8.11. The largest absolute Gasteiger partial charge is 0.418 e. The fourth-order valence-electron chi connectivity index (χ4n) is 2.39. The minimum atomic E-state index is -4.53. The Morgan fingerprint density at radius 1 is 0.964 bits per heavy atom. The highest BCUT2D eigenvalue weighted by atomic mass is 19.4. The van der Waals surface area contributed by atoms with Gasteiger partial charge in [-0.1, -0.05) is 30.3 Å². The molecule has 0 radical (unpaired) electrons. The number of para-hydroxylation sites is 1. The van der Waals surface area contributed by atoms with Gasteiger partial charge in [-0.2, -0.15) is 13.2 Å². The van der Waals surface area contributed by atoms with Crippen LogP contribution in [0.1, 0.15) is 21.5 Å². The molecule has 9 heteroatoms. The zero-order valence-electron chi connectivity index (χ0n) is 14.3. The maximum Gasteiger partial charge on any atom is 0.418 e. The molecule has 0 unspecified atom stereocenters. The third-order valence-electron chi connectivity index (χ3n) is 3.79.